The first kappa shape index (κ1) is 16.8. The van der Waals surface area contributed by atoms with Gasteiger partial charge in [0.15, 0.2) is 5.82 Å². The van der Waals surface area contributed by atoms with E-state index < -0.39 is 0 Å². The maximum absolute atomic E-state index is 12.4. The number of imide groups is 1. The molecule has 2 amide bonds. The van der Waals surface area contributed by atoms with Gasteiger partial charge in [-0.05, 0) is 22.5 Å². The second-order valence-electron chi connectivity index (χ2n) is 6.00. The molecule has 4 rings (SSSR count). The van der Waals surface area contributed by atoms with Gasteiger partial charge in [-0.1, -0.05) is 24.4 Å². The third-order valence-electron chi connectivity index (χ3n) is 4.61. The van der Waals surface area contributed by atoms with Crippen LogP contribution in [0.5, 0.6) is 0 Å². The maximum Gasteiger partial charge on any atom is 0.261 e. The summed E-state index contributed by atoms with van der Waals surface area (Å²) >= 11 is 5.31. The molecule has 0 N–H and O–H groups in total. The molecule has 2 aromatic rings. The van der Waals surface area contributed by atoms with Gasteiger partial charge in [-0.25, -0.2) is 0 Å². The lowest BCUT2D eigenvalue weighted by Gasteiger charge is -2.35. The number of nitrogens with zero attached hydrogens (tertiary/aromatic N) is 4. The summed E-state index contributed by atoms with van der Waals surface area (Å²) in [5.74, 6) is 0.558. The highest BCUT2D eigenvalue weighted by Gasteiger charge is 2.35. The van der Waals surface area contributed by atoms with E-state index in [0.29, 0.717) is 24.2 Å². The van der Waals surface area contributed by atoms with E-state index in [-0.39, 0.29) is 11.8 Å². The summed E-state index contributed by atoms with van der Waals surface area (Å²) in [5.41, 5.74) is 1.03. The Balaban J connectivity index is 1.33. The van der Waals surface area contributed by atoms with E-state index in [9.17, 15) is 9.59 Å². The van der Waals surface area contributed by atoms with Crippen LogP contribution in [0.4, 0.5) is 5.82 Å². The number of hydrogen-bond acceptors (Lipinski definition) is 8. The summed E-state index contributed by atoms with van der Waals surface area (Å²) in [5, 5.41) is 0. The SMILES string of the molecule is O=C1c2ccccc2C(=O)N1CCN1CCN(c2nssc2=S)CC1. The van der Waals surface area contributed by atoms with E-state index in [1.54, 1.807) is 24.3 Å². The number of carbonyl (C=O) groups is 2. The maximum atomic E-state index is 12.4. The van der Waals surface area contributed by atoms with Crippen LogP contribution in [0.1, 0.15) is 20.7 Å². The van der Waals surface area contributed by atoms with Gasteiger partial charge in [0, 0.05) is 49.8 Å². The zero-order chi connectivity index (χ0) is 17.4. The molecule has 1 fully saturated rings. The Bertz CT molecular complexity index is 835. The number of hydrogen-bond donors (Lipinski definition) is 0. The average Bonchev–Trinajstić information content (AvgIpc) is 3.17. The summed E-state index contributed by atoms with van der Waals surface area (Å²) in [6.07, 6.45) is 0. The molecule has 1 aromatic heterocycles. The van der Waals surface area contributed by atoms with E-state index in [0.717, 1.165) is 35.8 Å². The minimum atomic E-state index is -0.182. The fraction of sp³-hybridized carbons (Fsp3) is 0.375. The van der Waals surface area contributed by atoms with E-state index in [4.69, 9.17) is 12.2 Å². The average molecular weight is 393 g/mol. The topological polar surface area (TPSA) is 56.8 Å². The molecular formula is C16H16N4O2S3. The highest BCUT2D eigenvalue weighted by atomic mass is 32.9. The number of benzene rings is 1. The van der Waals surface area contributed by atoms with Gasteiger partial charge < -0.3 is 4.90 Å². The van der Waals surface area contributed by atoms with Crippen LogP contribution in [0.15, 0.2) is 24.3 Å². The van der Waals surface area contributed by atoms with E-state index >= 15 is 0 Å². The molecule has 0 aliphatic carbocycles. The Morgan fingerprint density at radius 3 is 2.20 bits per heavy atom. The molecule has 130 valence electrons. The first-order valence-electron chi connectivity index (χ1n) is 8.03. The van der Waals surface area contributed by atoms with Crippen LogP contribution in [0.25, 0.3) is 0 Å². The van der Waals surface area contributed by atoms with E-state index in [1.165, 1.54) is 25.8 Å². The lowest BCUT2D eigenvalue weighted by molar-refractivity contribution is 0.0635. The predicted molar refractivity (Wildman–Crippen MR) is 101 cm³/mol. The molecule has 3 heterocycles. The van der Waals surface area contributed by atoms with Gasteiger partial charge in [0.05, 0.1) is 11.1 Å². The minimum Gasteiger partial charge on any atom is -0.351 e. The second-order valence-corrected chi connectivity index (χ2v) is 8.52. The van der Waals surface area contributed by atoms with Crippen molar-refractivity contribution in [2.24, 2.45) is 0 Å². The van der Waals surface area contributed by atoms with Crippen molar-refractivity contribution in [3.8, 4) is 0 Å². The van der Waals surface area contributed by atoms with Gasteiger partial charge in [0.25, 0.3) is 11.8 Å². The molecule has 0 unspecified atom stereocenters. The monoisotopic (exact) mass is 392 g/mol. The van der Waals surface area contributed by atoms with Gasteiger partial charge >= 0.3 is 0 Å². The first-order valence-corrected chi connectivity index (χ1v) is 10.5. The Morgan fingerprint density at radius 1 is 1.00 bits per heavy atom. The standard InChI is InChI=1S/C16H16N4O2S3/c21-14-11-3-1-2-4-12(11)15(22)20(14)10-7-18-5-8-19(9-6-18)13-16(23)24-25-17-13/h1-4H,5-10H2. The van der Waals surface area contributed by atoms with Crippen LogP contribution in [0.3, 0.4) is 0 Å². The van der Waals surface area contributed by atoms with Crippen LogP contribution in [0.2, 0.25) is 0 Å². The fourth-order valence-corrected chi connectivity index (χ4v) is 5.16. The Kier molecular flexibility index (Phi) is 4.63. The van der Waals surface area contributed by atoms with Crippen LogP contribution >= 0.6 is 33.1 Å². The molecule has 6 nitrogen and oxygen atoms in total. The molecule has 0 radical (unpaired) electrons. The summed E-state index contributed by atoms with van der Waals surface area (Å²) in [7, 11) is 2.96. The number of fused-ring (bicyclic) bond motifs is 1. The number of rotatable bonds is 4. The van der Waals surface area contributed by atoms with E-state index in [1.807, 2.05) is 0 Å². The Labute approximate surface area is 157 Å². The van der Waals surface area contributed by atoms with Gasteiger partial charge in [-0.2, -0.15) is 4.37 Å². The van der Waals surface area contributed by atoms with Crippen LogP contribution in [-0.4, -0.2) is 65.3 Å². The highest BCUT2D eigenvalue weighted by Crippen LogP contribution is 2.24. The molecule has 0 bridgehead atoms. The third kappa shape index (κ3) is 3.12. The van der Waals surface area contributed by atoms with Gasteiger partial charge in [-0.15, -0.1) is 0 Å². The van der Waals surface area contributed by atoms with Crippen molar-refractivity contribution in [3.05, 3.63) is 39.2 Å². The molecule has 25 heavy (non-hydrogen) atoms. The van der Waals surface area contributed by atoms with Crippen molar-refractivity contribution < 1.29 is 9.59 Å². The van der Waals surface area contributed by atoms with Crippen molar-refractivity contribution in [2.75, 3.05) is 44.2 Å². The van der Waals surface area contributed by atoms with E-state index in [2.05, 4.69) is 14.2 Å². The largest absolute Gasteiger partial charge is 0.351 e. The number of anilines is 1. The molecule has 9 heteroatoms. The molecule has 0 saturated carbocycles. The second kappa shape index (κ2) is 6.91. The predicted octanol–water partition coefficient (Wildman–Crippen LogP) is 2.35. The molecule has 2 aliphatic heterocycles. The quantitative estimate of drug-likeness (QED) is 0.452. The summed E-state index contributed by atoms with van der Waals surface area (Å²) < 4.78 is 5.23. The van der Waals surface area contributed by atoms with Crippen molar-refractivity contribution in [1.82, 2.24) is 14.2 Å². The molecular weight excluding hydrogens is 376 g/mol. The third-order valence-corrected chi connectivity index (χ3v) is 6.96. The first-order chi connectivity index (χ1) is 12.1. The Hall–Kier alpha value is -1.68. The highest BCUT2D eigenvalue weighted by molar-refractivity contribution is 7.79. The molecule has 0 spiro atoms. The van der Waals surface area contributed by atoms with Crippen molar-refractivity contribution in [1.29, 1.82) is 0 Å². The van der Waals surface area contributed by atoms with Crippen molar-refractivity contribution >= 4 is 50.7 Å². The van der Waals surface area contributed by atoms with Crippen LogP contribution < -0.4 is 4.90 Å². The fourth-order valence-electron chi connectivity index (χ4n) is 3.22. The number of carbonyl (C=O) groups excluding carboxylic acids is 2. The van der Waals surface area contributed by atoms with Crippen molar-refractivity contribution in [2.45, 2.75) is 0 Å². The number of amides is 2. The summed E-state index contributed by atoms with van der Waals surface area (Å²) in [6.45, 7) is 4.60. The normalized spacial score (nSPS) is 18.1. The van der Waals surface area contributed by atoms with Gasteiger partial charge in [0.1, 0.15) is 3.82 Å². The van der Waals surface area contributed by atoms with Gasteiger partial charge in [-0.3, -0.25) is 19.4 Å². The lowest BCUT2D eigenvalue weighted by Crippen LogP contribution is -2.49. The van der Waals surface area contributed by atoms with Crippen LogP contribution in [-0.2, 0) is 0 Å². The molecule has 1 aromatic carbocycles. The van der Waals surface area contributed by atoms with Crippen molar-refractivity contribution in [3.63, 3.8) is 0 Å². The molecule has 0 atom stereocenters. The molecule has 2 aliphatic rings. The summed E-state index contributed by atoms with van der Waals surface area (Å²) in [6, 6.07) is 7.02. The number of aromatic nitrogens is 1. The Morgan fingerprint density at radius 2 is 1.64 bits per heavy atom. The van der Waals surface area contributed by atoms with Gasteiger partial charge in [0.2, 0.25) is 0 Å². The van der Waals surface area contributed by atoms with Crippen LogP contribution in [0, 0.1) is 3.82 Å². The minimum absolute atomic E-state index is 0.182. The lowest BCUT2D eigenvalue weighted by atomic mass is 10.1. The summed E-state index contributed by atoms with van der Waals surface area (Å²) in [4.78, 5) is 30.6. The zero-order valence-electron chi connectivity index (χ0n) is 13.4. The molecule has 1 saturated heterocycles. The zero-order valence-corrected chi connectivity index (χ0v) is 15.8. The smallest absolute Gasteiger partial charge is 0.261 e. The number of piperazine rings is 1.